The summed E-state index contributed by atoms with van der Waals surface area (Å²) in [5, 5.41) is 12.7. The molecule has 1 aromatic rings. The molecule has 0 aromatic heterocycles. The van der Waals surface area contributed by atoms with Crippen molar-refractivity contribution in [3.63, 3.8) is 0 Å². The fourth-order valence-corrected chi connectivity index (χ4v) is 2.44. The molecule has 0 aliphatic heterocycles. The molecule has 2 N–H and O–H groups in total. The van der Waals surface area contributed by atoms with Gasteiger partial charge in [-0.25, -0.2) is 0 Å². The van der Waals surface area contributed by atoms with Crippen molar-refractivity contribution in [2.75, 3.05) is 0 Å². The first-order valence-corrected chi connectivity index (χ1v) is 6.22. The Morgan fingerprint density at radius 2 is 2.06 bits per heavy atom. The first-order valence-electron chi connectivity index (χ1n) is 6.22. The van der Waals surface area contributed by atoms with E-state index in [1.165, 1.54) is 6.42 Å². The molecule has 17 heavy (non-hydrogen) atoms. The van der Waals surface area contributed by atoms with Crippen LogP contribution in [0.4, 0.5) is 0 Å². The van der Waals surface area contributed by atoms with E-state index in [1.54, 1.807) is 0 Å². The van der Waals surface area contributed by atoms with E-state index >= 15 is 0 Å². The number of nitrogens with one attached hydrogen (secondary N) is 1. The molecule has 1 atom stereocenters. The summed E-state index contributed by atoms with van der Waals surface area (Å²) in [5.74, 6) is -0.795. The van der Waals surface area contributed by atoms with Gasteiger partial charge < -0.3 is 5.11 Å². The van der Waals surface area contributed by atoms with Gasteiger partial charge in [0.1, 0.15) is 6.04 Å². The minimum absolute atomic E-state index is 0.0406. The number of carbonyl (C=O) groups is 1. The van der Waals surface area contributed by atoms with E-state index in [-0.39, 0.29) is 5.54 Å². The van der Waals surface area contributed by atoms with E-state index in [9.17, 15) is 9.90 Å². The van der Waals surface area contributed by atoms with Crippen molar-refractivity contribution in [3.8, 4) is 0 Å². The highest BCUT2D eigenvalue weighted by atomic mass is 16.4. The molecule has 1 aliphatic rings. The summed E-state index contributed by atoms with van der Waals surface area (Å²) >= 11 is 0. The second-order valence-corrected chi connectivity index (χ2v) is 4.81. The van der Waals surface area contributed by atoms with Gasteiger partial charge in [0.2, 0.25) is 0 Å². The van der Waals surface area contributed by atoms with Crippen molar-refractivity contribution < 1.29 is 9.90 Å². The normalized spacial score (nSPS) is 19.4. The zero-order chi connectivity index (χ0) is 12.3. The molecule has 1 aliphatic carbocycles. The molecule has 2 rings (SSSR count). The standard InChI is InChI=1S/C14H19NO2/c1-2-14(9-6-10-14)15-12(13(16)17)11-7-4-3-5-8-11/h3-5,7-8,12,15H,2,6,9-10H2,1H3,(H,16,17). The first kappa shape index (κ1) is 12.1. The summed E-state index contributed by atoms with van der Waals surface area (Å²) in [6, 6.07) is 8.82. The molecule has 0 amide bonds. The van der Waals surface area contributed by atoms with Gasteiger partial charge >= 0.3 is 5.97 Å². The van der Waals surface area contributed by atoms with Crippen LogP contribution in [-0.4, -0.2) is 16.6 Å². The molecule has 0 saturated heterocycles. The lowest BCUT2D eigenvalue weighted by Crippen LogP contribution is -2.53. The van der Waals surface area contributed by atoms with Crippen LogP contribution in [-0.2, 0) is 4.79 Å². The van der Waals surface area contributed by atoms with Crippen LogP contribution < -0.4 is 5.32 Å². The Morgan fingerprint density at radius 1 is 1.41 bits per heavy atom. The average Bonchev–Trinajstić information content (AvgIpc) is 2.29. The molecule has 0 radical (unpaired) electrons. The summed E-state index contributed by atoms with van der Waals surface area (Å²) in [4.78, 5) is 11.4. The fraction of sp³-hybridized carbons (Fsp3) is 0.500. The average molecular weight is 233 g/mol. The maximum absolute atomic E-state index is 11.4. The zero-order valence-corrected chi connectivity index (χ0v) is 10.1. The second kappa shape index (κ2) is 4.88. The maximum Gasteiger partial charge on any atom is 0.325 e. The third-order valence-corrected chi connectivity index (χ3v) is 3.82. The van der Waals surface area contributed by atoms with Gasteiger partial charge in [0.25, 0.3) is 0 Å². The van der Waals surface area contributed by atoms with Gasteiger partial charge in [-0.05, 0) is 31.2 Å². The van der Waals surface area contributed by atoms with Crippen LogP contribution in [0, 0.1) is 0 Å². The highest BCUT2D eigenvalue weighted by Gasteiger charge is 2.38. The van der Waals surface area contributed by atoms with E-state index in [2.05, 4.69) is 12.2 Å². The molecule has 92 valence electrons. The Bertz CT molecular complexity index is 379. The van der Waals surface area contributed by atoms with Crippen LogP contribution >= 0.6 is 0 Å². The predicted octanol–water partition coefficient (Wildman–Crippen LogP) is 2.73. The van der Waals surface area contributed by atoms with E-state index in [1.807, 2.05) is 30.3 Å². The second-order valence-electron chi connectivity index (χ2n) is 4.81. The maximum atomic E-state index is 11.4. The van der Waals surface area contributed by atoms with Gasteiger partial charge in [-0.3, -0.25) is 10.1 Å². The van der Waals surface area contributed by atoms with Gasteiger partial charge in [0.15, 0.2) is 0 Å². The molecule has 3 nitrogen and oxygen atoms in total. The van der Waals surface area contributed by atoms with Crippen molar-refractivity contribution in [2.45, 2.75) is 44.2 Å². The van der Waals surface area contributed by atoms with Crippen molar-refractivity contribution in [2.24, 2.45) is 0 Å². The number of carboxylic acid groups (broad SMARTS) is 1. The topological polar surface area (TPSA) is 49.3 Å². The van der Waals surface area contributed by atoms with Gasteiger partial charge in [0, 0.05) is 5.54 Å². The van der Waals surface area contributed by atoms with Crippen LogP contribution in [0.3, 0.4) is 0 Å². The third kappa shape index (κ3) is 2.50. The van der Waals surface area contributed by atoms with Gasteiger partial charge in [0.05, 0.1) is 0 Å². The monoisotopic (exact) mass is 233 g/mol. The van der Waals surface area contributed by atoms with E-state index in [4.69, 9.17) is 0 Å². The first-order chi connectivity index (χ1) is 8.17. The minimum Gasteiger partial charge on any atom is -0.480 e. The lowest BCUT2D eigenvalue weighted by molar-refractivity contribution is -0.140. The summed E-state index contributed by atoms with van der Waals surface area (Å²) in [5.41, 5.74) is 0.874. The number of aliphatic carboxylic acids is 1. The largest absolute Gasteiger partial charge is 0.480 e. The summed E-state index contributed by atoms with van der Waals surface area (Å²) in [6.45, 7) is 2.12. The number of hydrogen-bond donors (Lipinski definition) is 2. The number of carboxylic acids is 1. The highest BCUT2D eigenvalue weighted by molar-refractivity contribution is 5.75. The number of hydrogen-bond acceptors (Lipinski definition) is 2. The van der Waals surface area contributed by atoms with E-state index in [0.717, 1.165) is 24.8 Å². The Morgan fingerprint density at radius 3 is 2.47 bits per heavy atom. The van der Waals surface area contributed by atoms with Crippen molar-refractivity contribution >= 4 is 5.97 Å². The summed E-state index contributed by atoms with van der Waals surface area (Å²) in [6.07, 6.45) is 4.35. The third-order valence-electron chi connectivity index (χ3n) is 3.82. The fourth-order valence-electron chi connectivity index (χ4n) is 2.44. The van der Waals surface area contributed by atoms with Gasteiger partial charge in [-0.1, -0.05) is 37.3 Å². The van der Waals surface area contributed by atoms with Crippen molar-refractivity contribution in [1.29, 1.82) is 0 Å². The molecule has 0 heterocycles. The van der Waals surface area contributed by atoms with Gasteiger partial charge in [-0.2, -0.15) is 0 Å². The number of benzene rings is 1. The lowest BCUT2D eigenvalue weighted by Gasteiger charge is -2.44. The molecule has 0 bridgehead atoms. The lowest BCUT2D eigenvalue weighted by atomic mass is 9.74. The molecule has 1 fully saturated rings. The quantitative estimate of drug-likeness (QED) is 0.822. The van der Waals surface area contributed by atoms with Crippen molar-refractivity contribution in [3.05, 3.63) is 35.9 Å². The van der Waals surface area contributed by atoms with E-state index < -0.39 is 12.0 Å². The Kier molecular flexibility index (Phi) is 3.48. The van der Waals surface area contributed by atoms with Crippen LogP contribution in [0.1, 0.15) is 44.2 Å². The van der Waals surface area contributed by atoms with Crippen molar-refractivity contribution in [1.82, 2.24) is 5.32 Å². The summed E-state index contributed by atoms with van der Waals surface area (Å²) < 4.78 is 0. The summed E-state index contributed by atoms with van der Waals surface area (Å²) in [7, 11) is 0. The Labute approximate surface area is 102 Å². The molecular formula is C14H19NO2. The molecule has 3 heteroatoms. The Hall–Kier alpha value is -1.35. The molecular weight excluding hydrogens is 214 g/mol. The SMILES string of the molecule is CCC1(NC(C(=O)O)c2ccccc2)CCC1. The minimum atomic E-state index is -0.795. The molecule has 1 unspecified atom stereocenters. The zero-order valence-electron chi connectivity index (χ0n) is 10.1. The van der Waals surface area contributed by atoms with Crippen LogP contribution in [0.5, 0.6) is 0 Å². The highest BCUT2D eigenvalue weighted by Crippen LogP contribution is 2.36. The van der Waals surface area contributed by atoms with Gasteiger partial charge in [-0.15, -0.1) is 0 Å². The molecule has 1 saturated carbocycles. The molecule has 1 aromatic carbocycles. The predicted molar refractivity (Wildman–Crippen MR) is 66.8 cm³/mol. The molecule has 0 spiro atoms. The van der Waals surface area contributed by atoms with Crippen LogP contribution in [0.15, 0.2) is 30.3 Å². The smallest absolute Gasteiger partial charge is 0.325 e. The van der Waals surface area contributed by atoms with Crippen LogP contribution in [0.25, 0.3) is 0 Å². The van der Waals surface area contributed by atoms with Crippen LogP contribution in [0.2, 0.25) is 0 Å². The Balaban J connectivity index is 2.16. The number of rotatable bonds is 5. The van der Waals surface area contributed by atoms with E-state index in [0.29, 0.717) is 0 Å².